The van der Waals surface area contributed by atoms with Crippen LogP contribution in [0, 0.1) is 0 Å². The monoisotopic (exact) mass is 351 g/mol. The number of anilines is 1. The van der Waals surface area contributed by atoms with Crippen LogP contribution in [0.5, 0.6) is 5.75 Å². The first kappa shape index (κ1) is 13.8. The van der Waals surface area contributed by atoms with Crippen molar-refractivity contribution in [1.82, 2.24) is 0 Å². The molecule has 1 aliphatic rings. The largest absolute Gasteiger partial charge is 0.496 e. The summed E-state index contributed by atoms with van der Waals surface area (Å²) in [7, 11) is 1.67. The van der Waals surface area contributed by atoms with Gasteiger partial charge in [-0.1, -0.05) is 17.7 Å². The first-order chi connectivity index (χ1) is 9.65. The van der Waals surface area contributed by atoms with Crippen LogP contribution >= 0.6 is 27.5 Å². The Morgan fingerprint density at radius 1 is 1.15 bits per heavy atom. The molecule has 1 unspecified atom stereocenters. The molecule has 3 rings (SSSR count). The van der Waals surface area contributed by atoms with Gasteiger partial charge in [-0.05, 0) is 70.2 Å². The zero-order valence-corrected chi connectivity index (χ0v) is 13.5. The molecule has 104 valence electrons. The van der Waals surface area contributed by atoms with Crippen LogP contribution < -0.4 is 10.1 Å². The smallest absolute Gasteiger partial charge is 0.133 e. The van der Waals surface area contributed by atoms with Crippen molar-refractivity contribution >= 4 is 33.2 Å². The Balaban J connectivity index is 1.73. The lowest BCUT2D eigenvalue weighted by molar-refractivity contribution is 0.412. The highest BCUT2D eigenvalue weighted by Crippen LogP contribution is 2.31. The van der Waals surface area contributed by atoms with Gasteiger partial charge in [0, 0.05) is 16.8 Å². The summed E-state index contributed by atoms with van der Waals surface area (Å²) in [6, 6.07) is 12.6. The summed E-state index contributed by atoms with van der Waals surface area (Å²) >= 11 is 9.56. The molecule has 0 heterocycles. The van der Waals surface area contributed by atoms with Crippen molar-refractivity contribution in [3.05, 3.63) is 57.0 Å². The number of ether oxygens (including phenoxy) is 1. The second-order valence-corrected chi connectivity index (χ2v) is 6.30. The van der Waals surface area contributed by atoms with Crippen molar-refractivity contribution in [2.45, 2.75) is 18.9 Å². The molecule has 1 atom stereocenters. The van der Waals surface area contributed by atoms with E-state index >= 15 is 0 Å². The van der Waals surface area contributed by atoms with Gasteiger partial charge in [0.05, 0.1) is 11.6 Å². The van der Waals surface area contributed by atoms with Crippen LogP contribution in [0.2, 0.25) is 5.02 Å². The van der Waals surface area contributed by atoms with Gasteiger partial charge in [0.2, 0.25) is 0 Å². The summed E-state index contributed by atoms with van der Waals surface area (Å²) in [5.41, 5.74) is 3.84. The fourth-order valence-corrected chi connectivity index (χ4v) is 3.42. The molecule has 0 spiro atoms. The number of hydrogen-bond acceptors (Lipinski definition) is 2. The summed E-state index contributed by atoms with van der Waals surface area (Å²) in [5, 5.41) is 4.39. The van der Waals surface area contributed by atoms with Crippen molar-refractivity contribution in [2.75, 3.05) is 12.4 Å². The molecular weight excluding hydrogens is 338 g/mol. The minimum Gasteiger partial charge on any atom is -0.496 e. The molecule has 0 aliphatic heterocycles. The topological polar surface area (TPSA) is 21.3 Å². The van der Waals surface area contributed by atoms with Gasteiger partial charge in [-0.25, -0.2) is 0 Å². The van der Waals surface area contributed by atoms with E-state index in [0.717, 1.165) is 33.8 Å². The van der Waals surface area contributed by atoms with Gasteiger partial charge in [0.15, 0.2) is 0 Å². The zero-order valence-electron chi connectivity index (χ0n) is 11.1. The number of hydrogen-bond donors (Lipinski definition) is 1. The summed E-state index contributed by atoms with van der Waals surface area (Å²) in [6.07, 6.45) is 2.05. The van der Waals surface area contributed by atoms with Crippen molar-refractivity contribution < 1.29 is 4.74 Å². The molecule has 0 radical (unpaired) electrons. The Kier molecular flexibility index (Phi) is 3.90. The van der Waals surface area contributed by atoms with E-state index in [1.54, 1.807) is 7.11 Å². The lowest BCUT2D eigenvalue weighted by atomic mass is 10.1. The summed E-state index contributed by atoms with van der Waals surface area (Å²) in [4.78, 5) is 0. The van der Waals surface area contributed by atoms with Crippen LogP contribution in [0.3, 0.4) is 0 Å². The van der Waals surface area contributed by atoms with Crippen LogP contribution in [0.15, 0.2) is 40.9 Å². The molecule has 0 aromatic heterocycles. The van der Waals surface area contributed by atoms with Gasteiger partial charge >= 0.3 is 0 Å². The van der Waals surface area contributed by atoms with E-state index in [-0.39, 0.29) is 0 Å². The fraction of sp³-hybridized carbons (Fsp3) is 0.250. The highest BCUT2D eigenvalue weighted by Gasteiger charge is 2.21. The maximum Gasteiger partial charge on any atom is 0.133 e. The van der Waals surface area contributed by atoms with Crippen molar-refractivity contribution in [3.8, 4) is 5.75 Å². The van der Waals surface area contributed by atoms with Gasteiger partial charge in [-0.2, -0.15) is 0 Å². The third kappa shape index (κ3) is 2.79. The summed E-state index contributed by atoms with van der Waals surface area (Å²) in [5.74, 6) is 0.844. The molecule has 2 nitrogen and oxygen atoms in total. The van der Waals surface area contributed by atoms with E-state index in [1.807, 2.05) is 18.2 Å². The number of rotatable bonds is 3. The average Bonchev–Trinajstić information content (AvgIpc) is 2.80. The van der Waals surface area contributed by atoms with Gasteiger partial charge in [0.25, 0.3) is 0 Å². The van der Waals surface area contributed by atoms with E-state index in [4.69, 9.17) is 16.3 Å². The fourth-order valence-electron chi connectivity index (χ4n) is 2.68. The normalized spacial score (nSPS) is 16.9. The Hall–Kier alpha value is -1.19. The van der Waals surface area contributed by atoms with E-state index < -0.39 is 0 Å². The molecule has 2 aromatic rings. The lowest BCUT2D eigenvalue weighted by Gasteiger charge is -2.14. The molecule has 1 N–H and O–H groups in total. The molecule has 4 heteroatoms. The Labute approximate surface area is 132 Å². The third-order valence-electron chi connectivity index (χ3n) is 3.62. The molecule has 2 aromatic carbocycles. The number of methoxy groups -OCH3 is 1. The Morgan fingerprint density at radius 2 is 1.95 bits per heavy atom. The highest BCUT2D eigenvalue weighted by molar-refractivity contribution is 9.10. The second kappa shape index (κ2) is 5.66. The summed E-state index contributed by atoms with van der Waals surface area (Å²) in [6.45, 7) is 0. The number of benzene rings is 2. The third-order valence-corrected chi connectivity index (χ3v) is 4.48. The average molecular weight is 353 g/mol. The molecule has 0 bridgehead atoms. The van der Waals surface area contributed by atoms with Crippen molar-refractivity contribution in [1.29, 1.82) is 0 Å². The van der Waals surface area contributed by atoms with E-state index in [1.165, 1.54) is 11.1 Å². The van der Waals surface area contributed by atoms with Crippen LogP contribution in [0.1, 0.15) is 11.1 Å². The summed E-state index contributed by atoms with van der Waals surface area (Å²) < 4.78 is 6.21. The molecule has 0 saturated heterocycles. The van der Waals surface area contributed by atoms with Gasteiger partial charge in [-0.3, -0.25) is 0 Å². The Bertz CT molecular complexity index is 644. The molecular formula is C16H15BrClNO. The van der Waals surface area contributed by atoms with E-state index in [0.29, 0.717) is 6.04 Å². The predicted octanol–water partition coefficient (Wildman–Crippen LogP) is 4.69. The van der Waals surface area contributed by atoms with E-state index in [9.17, 15) is 0 Å². The predicted molar refractivity (Wildman–Crippen MR) is 87.0 cm³/mol. The lowest BCUT2D eigenvalue weighted by Crippen LogP contribution is -2.19. The quantitative estimate of drug-likeness (QED) is 0.865. The van der Waals surface area contributed by atoms with Crippen molar-refractivity contribution in [2.24, 2.45) is 0 Å². The Morgan fingerprint density at radius 3 is 2.70 bits per heavy atom. The maximum atomic E-state index is 6.04. The first-order valence-electron chi connectivity index (χ1n) is 6.53. The minimum absolute atomic E-state index is 0.420. The van der Waals surface area contributed by atoms with Gasteiger partial charge < -0.3 is 10.1 Å². The van der Waals surface area contributed by atoms with Gasteiger partial charge in [0.1, 0.15) is 5.75 Å². The zero-order chi connectivity index (χ0) is 14.1. The molecule has 0 fully saturated rings. The standard InChI is InChI=1S/C16H15BrClNO/c1-20-16-5-4-13(9-15(16)17)19-14-7-10-2-3-12(18)6-11(10)8-14/h2-6,9,14,19H,7-8H2,1H3. The van der Waals surface area contributed by atoms with Crippen LogP contribution in [0.25, 0.3) is 0 Å². The van der Waals surface area contributed by atoms with Gasteiger partial charge in [-0.15, -0.1) is 0 Å². The maximum absolute atomic E-state index is 6.04. The van der Waals surface area contributed by atoms with Crippen LogP contribution in [-0.4, -0.2) is 13.2 Å². The SMILES string of the molecule is COc1ccc(NC2Cc3ccc(Cl)cc3C2)cc1Br. The number of nitrogens with one attached hydrogen (secondary N) is 1. The van der Waals surface area contributed by atoms with E-state index in [2.05, 4.69) is 39.4 Å². The highest BCUT2D eigenvalue weighted by atomic mass is 79.9. The first-order valence-corrected chi connectivity index (χ1v) is 7.70. The molecule has 20 heavy (non-hydrogen) atoms. The molecule has 0 saturated carbocycles. The van der Waals surface area contributed by atoms with Crippen LogP contribution in [0.4, 0.5) is 5.69 Å². The number of halogens is 2. The number of fused-ring (bicyclic) bond motifs is 1. The molecule has 1 aliphatic carbocycles. The van der Waals surface area contributed by atoms with Crippen LogP contribution in [-0.2, 0) is 12.8 Å². The molecule has 0 amide bonds. The second-order valence-electron chi connectivity index (χ2n) is 5.01. The minimum atomic E-state index is 0.420. The van der Waals surface area contributed by atoms with Crippen molar-refractivity contribution in [3.63, 3.8) is 0 Å².